The Morgan fingerprint density at radius 3 is 1.18 bits per heavy atom. The fourth-order valence-corrected chi connectivity index (χ4v) is 1.00. The molecule has 2 heteroatoms. The first-order valence-electron chi connectivity index (χ1n) is 4.61. The molecule has 0 spiro atoms. The van der Waals surface area contributed by atoms with Gasteiger partial charge in [0.1, 0.15) is 0 Å². The summed E-state index contributed by atoms with van der Waals surface area (Å²) in [6.45, 7) is 15.4. The van der Waals surface area contributed by atoms with Crippen LogP contribution < -0.4 is 0 Å². The Kier molecular flexibility index (Phi) is 6.57. The van der Waals surface area contributed by atoms with Crippen LogP contribution in [0.15, 0.2) is 0 Å². The molecular formula is C9H21N2. The van der Waals surface area contributed by atoms with Gasteiger partial charge in [0.15, 0.2) is 0 Å². The Bertz CT molecular complexity index is 65.6. The van der Waals surface area contributed by atoms with Crippen molar-refractivity contribution in [3.8, 4) is 0 Å². The van der Waals surface area contributed by atoms with Crippen molar-refractivity contribution in [2.45, 2.75) is 27.7 Å². The van der Waals surface area contributed by atoms with E-state index in [9.17, 15) is 0 Å². The van der Waals surface area contributed by atoms with Gasteiger partial charge in [-0.3, -0.25) is 9.80 Å². The van der Waals surface area contributed by atoms with Crippen molar-refractivity contribution in [2.75, 3.05) is 26.2 Å². The minimum Gasteiger partial charge on any atom is -0.286 e. The minimum atomic E-state index is 1.10. The predicted molar refractivity (Wildman–Crippen MR) is 50.1 cm³/mol. The topological polar surface area (TPSA) is 6.48 Å². The summed E-state index contributed by atoms with van der Waals surface area (Å²) in [4.78, 5) is 4.62. The summed E-state index contributed by atoms with van der Waals surface area (Å²) in [5, 5.41) is 0. The lowest BCUT2D eigenvalue weighted by Gasteiger charge is -2.25. The maximum Gasteiger partial charge on any atom is 0.0921 e. The highest BCUT2D eigenvalue weighted by Crippen LogP contribution is 1.98. The maximum atomic E-state index is 2.31. The van der Waals surface area contributed by atoms with Crippen molar-refractivity contribution in [3.05, 3.63) is 6.67 Å². The van der Waals surface area contributed by atoms with E-state index in [-0.39, 0.29) is 0 Å². The Morgan fingerprint density at radius 1 is 0.727 bits per heavy atom. The summed E-state index contributed by atoms with van der Waals surface area (Å²) >= 11 is 0. The Morgan fingerprint density at radius 2 is 1.00 bits per heavy atom. The summed E-state index contributed by atoms with van der Waals surface area (Å²) in [7, 11) is 0. The largest absolute Gasteiger partial charge is 0.286 e. The summed E-state index contributed by atoms with van der Waals surface area (Å²) in [5.74, 6) is 0. The van der Waals surface area contributed by atoms with Crippen LogP contribution in [0.3, 0.4) is 0 Å². The Balaban J connectivity index is 3.58. The molecule has 0 unspecified atom stereocenters. The van der Waals surface area contributed by atoms with E-state index in [1.54, 1.807) is 0 Å². The third kappa shape index (κ3) is 4.38. The van der Waals surface area contributed by atoms with Crippen LogP contribution in [0.25, 0.3) is 0 Å². The number of hydrogen-bond donors (Lipinski definition) is 0. The van der Waals surface area contributed by atoms with Crippen molar-refractivity contribution < 1.29 is 0 Å². The Hall–Kier alpha value is -0.0800. The van der Waals surface area contributed by atoms with Crippen molar-refractivity contribution in [2.24, 2.45) is 0 Å². The third-order valence-electron chi connectivity index (χ3n) is 1.95. The first kappa shape index (κ1) is 10.9. The van der Waals surface area contributed by atoms with Crippen LogP contribution in [0.4, 0.5) is 0 Å². The molecule has 0 aliphatic carbocycles. The first-order chi connectivity index (χ1) is 5.28. The summed E-state index contributed by atoms with van der Waals surface area (Å²) < 4.78 is 0. The quantitative estimate of drug-likeness (QED) is 0.580. The molecule has 0 aliphatic rings. The first-order valence-corrected chi connectivity index (χ1v) is 4.61. The third-order valence-corrected chi connectivity index (χ3v) is 1.95. The molecule has 1 radical (unpaired) electrons. The number of rotatable bonds is 6. The molecule has 0 aromatic rings. The number of hydrogen-bond acceptors (Lipinski definition) is 2. The highest BCUT2D eigenvalue weighted by atomic mass is 15.3. The molecule has 2 nitrogen and oxygen atoms in total. The van der Waals surface area contributed by atoms with E-state index in [1.807, 2.05) is 0 Å². The van der Waals surface area contributed by atoms with E-state index in [4.69, 9.17) is 0 Å². The molecule has 67 valence electrons. The van der Waals surface area contributed by atoms with E-state index in [1.165, 1.54) is 0 Å². The van der Waals surface area contributed by atoms with Crippen LogP contribution in [0.5, 0.6) is 0 Å². The molecule has 0 saturated carbocycles. The van der Waals surface area contributed by atoms with E-state index < -0.39 is 0 Å². The zero-order chi connectivity index (χ0) is 8.69. The average molecular weight is 157 g/mol. The lowest BCUT2D eigenvalue weighted by atomic mass is 10.5. The molecular weight excluding hydrogens is 136 g/mol. The molecule has 0 N–H and O–H groups in total. The maximum absolute atomic E-state index is 2.31. The standard InChI is InChI=1S/C9H21N2/c1-5-10(6-2)9-11(7-3)8-4/h9H,5-8H2,1-4H3. The summed E-state index contributed by atoms with van der Waals surface area (Å²) in [6, 6.07) is 0. The monoisotopic (exact) mass is 157 g/mol. The lowest BCUT2D eigenvalue weighted by molar-refractivity contribution is 0.223. The zero-order valence-corrected chi connectivity index (χ0v) is 8.30. The van der Waals surface area contributed by atoms with Gasteiger partial charge in [-0.1, -0.05) is 27.7 Å². The van der Waals surface area contributed by atoms with E-state index in [0.717, 1.165) is 26.2 Å². The highest BCUT2D eigenvalue weighted by molar-refractivity contribution is 4.66. The van der Waals surface area contributed by atoms with Gasteiger partial charge >= 0.3 is 0 Å². The van der Waals surface area contributed by atoms with Gasteiger partial charge in [0, 0.05) is 0 Å². The van der Waals surface area contributed by atoms with Gasteiger partial charge in [0.2, 0.25) is 0 Å². The van der Waals surface area contributed by atoms with Gasteiger partial charge in [0.25, 0.3) is 0 Å². The van der Waals surface area contributed by atoms with Gasteiger partial charge in [-0.25, -0.2) is 0 Å². The summed E-state index contributed by atoms with van der Waals surface area (Å²) in [5.41, 5.74) is 0. The molecule has 0 heterocycles. The van der Waals surface area contributed by atoms with Gasteiger partial charge in [-0.05, 0) is 26.2 Å². The van der Waals surface area contributed by atoms with Crippen molar-refractivity contribution >= 4 is 0 Å². The molecule has 0 saturated heterocycles. The van der Waals surface area contributed by atoms with Gasteiger partial charge in [-0.15, -0.1) is 0 Å². The molecule has 0 rings (SSSR count). The fraction of sp³-hybridized carbons (Fsp3) is 0.889. The van der Waals surface area contributed by atoms with Crippen LogP contribution in [0.1, 0.15) is 27.7 Å². The van der Waals surface area contributed by atoms with E-state index >= 15 is 0 Å². The molecule has 0 amide bonds. The average Bonchev–Trinajstić information content (AvgIpc) is 2.07. The second-order valence-corrected chi connectivity index (χ2v) is 2.56. The number of nitrogens with zero attached hydrogens (tertiary/aromatic N) is 2. The van der Waals surface area contributed by atoms with Crippen LogP contribution in [-0.2, 0) is 0 Å². The van der Waals surface area contributed by atoms with Gasteiger partial charge in [-0.2, -0.15) is 0 Å². The normalized spacial score (nSPS) is 11.5. The van der Waals surface area contributed by atoms with Crippen molar-refractivity contribution in [1.82, 2.24) is 9.80 Å². The molecule has 0 atom stereocenters. The SMILES string of the molecule is CCN([CH]N(CC)CC)CC. The fourth-order valence-electron chi connectivity index (χ4n) is 1.00. The van der Waals surface area contributed by atoms with Crippen LogP contribution >= 0.6 is 0 Å². The van der Waals surface area contributed by atoms with Crippen LogP contribution in [0, 0.1) is 6.67 Å². The van der Waals surface area contributed by atoms with Gasteiger partial charge in [0.05, 0.1) is 6.67 Å². The van der Waals surface area contributed by atoms with Crippen molar-refractivity contribution in [1.29, 1.82) is 0 Å². The van der Waals surface area contributed by atoms with Crippen LogP contribution in [0.2, 0.25) is 0 Å². The molecule has 0 aromatic carbocycles. The molecule has 0 aromatic heterocycles. The molecule has 0 bridgehead atoms. The zero-order valence-electron chi connectivity index (χ0n) is 8.30. The minimum absolute atomic E-state index is 1.10. The second kappa shape index (κ2) is 6.62. The lowest BCUT2D eigenvalue weighted by Crippen LogP contribution is -2.32. The molecule has 0 fully saturated rings. The van der Waals surface area contributed by atoms with Gasteiger partial charge < -0.3 is 0 Å². The van der Waals surface area contributed by atoms with Crippen molar-refractivity contribution in [3.63, 3.8) is 0 Å². The van der Waals surface area contributed by atoms with Crippen LogP contribution in [-0.4, -0.2) is 36.0 Å². The van der Waals surface area contributed by atoms with E-state index in [2.05, 4.69) is 44.2 Å². The highest BCUT2D eigenvalue weighted by Gasteiger charge is 2.04. The molecule has 0 aliphatic heterocycles. The second-order valence-electron chi connectivity index (χ2n) is 2.56. The molecule has 11 heavy (non-hydrogen) atoms. The smallest absolute Gasteiger partial charge is 0.0921 e. The van der Waals surface area contributed by atoms with E-state index in [0.29, 0.717) is 0 Å². The predicted octanol–water partition coefficient (Wildman–Crippen LogP) is 1.79. The Labute approximate surface area is 71.2 Å². The summed E-state index contributed by atoms with van der Waals surface area (Å²) in [6.07, 6.45) is 0.